The van der Waals surface area contributed by atoms with Gasteiger partial charge < -0.3 is 10.1 Å². The number of hydrogen-bond acceptors (Lipinski definition) is 3. The summed E-state index contributed by atoms with van der Waals surface area (Å²) in [5, 5.41) is 3.58. The number of methoxy groups -OCH3 is 1. The zero-order chi connectivity index (χ0) is 13.3. The Morgan fingerprint density at radius 1 is 1.05 bits per heavy atom. The number of pyridine rings is 1. The largest absolute Gasteiger partial charge is 0.385 e. The van der Waals surface area contributed by atoms with Crippen LogP contribution in [0.25, 0.3) is 0 Å². The van der Waals surface area contributed by atoms with Crippen molar-refractivity contribution in [1.29, 1.82) is 0 Å². The zero-order valence-electron chi connectivity index (χ0n) is 11.7. The van der Waals surface area contributed by atoms with Gasteiger partial charge in [0.25, 0.3) is 0 Å². The number of ether oxygens (including phenoxy) is 1. The van der Waals surface area contributed by atoms with Crippen molar-refractivity contribution in [2.75, 3.05) is 20.3 Å². The number of benzene rings is 1. The quantitative estimate of drug-likeness (QED) is 0.796. The number of hydrogen-bond donors (Lipinski definition) is 1. The van der Waals surface area contributed by atoms with Gasteiger partial charge in [0.15, 0.2) is 0 Å². The van der Waals surface area contributed by atoms with Crippen molar-refractivity contribution in [2.24, 2.45) is 0 Å². The van der Waals surface area contributed by atoms with E-state index >= 15 is 0 Å². The second-order valence-electron chi connectivity index (χ2n) is 4.42. The highest BCUT2D eigenvalue weighted by Gasteiger charge is 2.12. The van der Waals surface area contributed by atoms with Gasteiger partial charge in [-0.3, -0.25) is 4.98 Å². The third-order valence-corrected chi connectivity index (χ3v) is 3.05. The molecule has 0 fully saturated rings. The molecule has 1 atom stereocenters. The Balaban J connectivity index is 0.00000200. The fourth-order valence-electron chi connectivity index (χ4n) is 2.09. The van der Waals surface area contributed by atoms with Crippen molar-refractivity contribution in [3.05, 3.63) is 66.0 Å². The average Bonchev–Trinajstić information content (AvgIpc) is 2.49. The highest BCUT2D eigenvalue weighted by molar-refractivity contribution is 5.85. The normalized spacial score (nSPS) is 11.7. The van der Waals surface area contributed by atoms with Crippen LogP contribution in [0, 0.1) is 0 Å². The Hall–Kier alpha value is -1.42. The molecule has 0 radical (unpaired) electrons. The molecule has 20 heavy (non-hydrogen) atoms. The highest BCUT2D eigenvalue weighted by atomic mass is 35.5. The first-order valence-corrected chi connectivity index (χ1v) is 6.59. The molecule has 0 saturated carbocycles. The van der Waals surface area contributed by atoms with Gasteiger partial charge in [-0.1, -0.05) is 30.3 Å². The number of halogens is 1. The molecule has 1 heterocycles. The van der Waals surface area contributed by atoms with Crippen molar-refractivity contribution < 1.29 is 4.74 Å². The van der Waals surface area contributed by atoms with Gasteiger partial charge in [0.1, 0.15) is 0 Å². The summed E-state index contributed by atoms with van der Waals surface area (Å²) < 4.78 is 5.09. The topological polar surface area (TPSA) is 34.1 Å². The van der Waals surface area contributed by atoms with E-state index in [0.717, 1.165) is 19.6 Å². The molecular weight excluding hydrogens is 272 g/mol. The smallest absolute Gasteiger partial charge is 0.0577 e. The molecule has 0 aliphatic heterocycles. The molecule has 2 aromatic rings. The van der Waals surface area contributed by atoms with Gasteiger partial charge in [-0.2, -0.15) is 0 Å². The Labute approximate surface area is 126 Å². The molecule has 1 aromatic heterocycles. The minimum atomic E-state index is 0. The van der Waals surface area contributed by atoms with E-state index in [1.807, 2.05) is 18.5 Å². The molecule has 0 amide bonds. The Kier molecular flexibility index (Phi) is 7.88. The summed E-state index contributed by atoms with van der Waals surface area (Å²) in [5.74, 6) is 0. The number of aromatic nitrogens is 1. The van der Waals surface area contributed by atoms with E-state index in [0.29, 0.717) is 0 Å². The Morgan fingerprint density at radius 3 is 2.35 bits per heavy atom. The molecule has 2 rings (SSSR count). The lowest BCUT2D eigenvalue weighted by atomic mass is 9.99. The van der Waals surface area contributed by atoms with Crippen LogP contribution in [0.3, 0.4) is 0 Å². The predicted molar refractivity (Wildman–Crippen MR) is 84.3 cm³/mol. The van der Waals surface area contributed by atoms with Gasteiger partial charge in [-0.25, -0.2) is 0 Å². The van der Waals surface area contributed by atoms with Gasteiger partial charge in [-0.05, 0) is 36.2 Å². The van der Waals surface area contributed by atoms with Crippen molar-refractivity contribution in [3.63, 3.8) is 0 Å². The second-order valence-corrected chi connectivity index (χ2v) is 4.42. The molecule has 0 bridgehead atoms. The van der Waals surface area contributed by atoms with Gasteiger partial charge in [-0.15, -0.1) is 12.4 Å². The van der Waals surface area contributed by atoms with Crippen LogP contribution in [0.15, 0.2) is 54.9 Å². The minimum Gasteiger partial charge on any atom is -0.385 e. The van der Waals surface area contributed by atoms with Gasteiger partial charge in [0, 0.05) is 26.1 Å². The van der Waals surface area contributed by atoms with Gasteiger partial charge >= 0.3 is 0 Å². The summed E-state index contributed by atoms with van der Waals surface area (Å²) in [6, 6.07) is 14.8. The van der Waals surface area contributed by atoms with Crippen LogP contribution < -0.4 is 5.32 Å². The van der Waals surface area contributed by atoms with Crippen molar-refractivity contribution in [2.45, 2.75) is 12.5 Å². The maximum atomic E-state index is 5.09. The van der Waals surface area contributed by atoms with E-state index in [9.17, 15) is 0 Å². The van der Waals surface area contributed by atoms with E-state index < -0.39 is 0 Å². The Bertz CT molecular complexity index is 425. The molecule has 0 aliphatic rings. The van der Waals surface area contributed by atoms with Crippen molar-refractivity contribution in [1.82, 2.24) is 10.3 Å². The summed E-state index contributed by atoms with van der Waals surface area (Å²) in [7, 11) is 1.73. The molecule has 1 aromatic carbocycles. The lowest BCUT2D eigenvalue weighted by molar-refractivity contribution is 0.193. The fraction of sp³-hybridized carbons (Fsp3) is 0.312. The van der Waals surface area contributed by atoms with E-state index in [1.165, 1.54) is 11.1 Å². The Morgan fingerprint density at radius 2 is 1.70 bits per heavy atom. The summed E-state index contributed by atoms with van der Waals surface area (Å²) in [5.41, 5.74) is 2.50. The summed E-state index contributed by atoms with van der Waals surface area (Å²) in [6.07, 6.45) is 4.68. The monoisotopic (exact) mass is 292 g/mol. The number of nitrogens with one attached hydrogen (secondary N) is 1. The number of nitrogens with zero attached hydrogens (tertiary/aromatic N) is 1. The van der Waals surface area contributed by atoms with Crippen LogP contribution in [0.2, 0.25) is 0 Å². The van der Waals surface area contributed by atoms with Crippen LogP contribution in [0.1, 0.15) is 23.6 Å². The highest BCUT2D eigenvalue weighted by Crippen LogP contribution is 2.20. The fourth-order valence-corrected chi connectivity index (χ4v) is 2.09. The second kappa shape index (κ2) is 9.48. The minimum absolute atomic E-state index is 0. The van der Waals surface area contributed by atoms with E-state index in [2.05, 4.69) is 46.7 Å². The van der Waals surface area contributed by atoms with Gasteiger partial charge in [0.2, 0.25) is 0 Å². The molecule has 1 N–H and O–H groups in total. The van der Waals surface area contributed by atoms with Crippen molar-refractivity contribution in [3.8, 4) is 0 Å². The molecule has 108 valence electrons. The molecule has 0 aliphatic carbocycles. The first-order valence-electron chi connectivity index (χ1n) is 6.59. The third kappa shape index (κ3) is 4.93. The first-order chi connectivity index (χ1) is 9.42. The first kappa shape index (κ1) is 16.6. The van der Waals surface area contributed by atoms with Crippen LogP contribution in [0.5, 0.6) is 0 Å². The maximum Gasteiger partial charge on any atom is 0.0577 e. The number of rotatable bonds is 7. The van der Waals surface area contributed by atoms with Crippen LogP contribution >= 0.6 is 12.4 Å². The molecule has 3 nitrogen and oxygen atoms in total. The van der Waals surface area contributed by atoms with Gasteiger partial charge in [0.05, 0.1) is 6.04 Å². The van der Waals surface area contributed by atoms with Crippen molar-refractivity contribution >= 4 is 12.4 Å². The standard InChI is InChI=1S/C16H20N2O.ClH/c1-19-13-5-10-18-16(14-6-3-2-4-7-14)15-8-11-17-12-9-15;/h2-4,6-9,11-12,16,18H,5,10,13H2,1H3;1H. The lowest BCUT2D eigenvalue weighted by Gasteiger charge is -2.19. The molecular formula is C16H21ClN2O. The lowest BCUT2D eigenvalue weighted by Crippen LogP contribution is -2.24. The average molecular weight is 293 g/mol. The zero-order valence-corrected chi connectivity index (χ0v) is 12.5. The molecule has 4 heteroatoms. The third-order valence-electron chi connectivity index (χ3n) is 3.05. The molecule has 1 unspecified atom stereocenters. The SMILES string of the molecule is COCCCNC(c1ccccc1)c1ccncc1.Cl. The van der Waals surface area contributed by atoms with E-state index in [4.69, 9.17) is 4.74 Å². The summed E-state index contributed by atoms with van der Waals surface area (Å²) in [6.45, 7) is 1.71. The van der Waals surface area contributed by atoms with Crippen LogP contribution in [0.4, 0.5) is 0 Å². The summed E-state index contributed by atoms with van der Waals surface area (Å²) >= 11 is 0. The molecule has 0 spiro atoms. The van der Waals surface area contributed by atoms with Crippen LogP contribution in [-0.4, -0.2) is 25.2 Å². The predicted octanol–water partition coefficient (Wildman–Crippen LogP) is 3.22. The van der Waals surface area contributed by atoms with Crippen LogP contribution in [-0.2, 0) is 4.74 Å². The van der Waals surface area contributed by atoms with E-state index in [1.54, 1.807) is 7.11 Å². The summed E-state index contributed by atoms with van der Waals surface area (Å²) in [4.78, 5) is 4.08. The molecule has 0 saturated heterocycles. The van der Waals surface area contributed by atoms with E-state index in [-0.39, 0.29) is 18.4 Å². The maximum absolute atomic E-state index is 5.09.